The first-order chi connectivity index (χ1) is 7.90. The first-order valence-corrected chi connectivity index (χ1v) is 5.90. The summed E-state index contributed by atoms with van der Waals surface area (Å²) in [7, 11) is 0. The van der Waals surface area contributed by atoms with Crippen LogP contribution in [0.3, 0.4) is 0 Å². The van der Waals surface area contributed by atoms with Crippen molar-refractivity contribution in [1.29, 1.82) is 0 Å². The summed E-state index contributed by atoms with van der Waals surface area (Å²) < 4.78 is 1.90. The van der Waals surface area contributed by atoms with Crippen LogP contribution in [0.15, 0.2) is 12.4 Å². The number of nitrogens with one attached hydrogen (secondary N) is 1. The Balaban J connectivity index is 2.94. The van der Waals surface area contributed by atoms with Gasteiger partial charge in [0.05, 0.1) is 6.54 Å². The third kappa shape index (κ3) is 3.06. The Morgan fingerprint density at radius 1 is 1.65 bits per heavy atom. The number of carboxylic acid groups (broad SMARTS) is 1. The molecule has 0 aliphatic carbocycles. The average molecular weight is 239 g/mol. The summed E-state index contributed by atoms with van der Waals surface area (Å²) in [6, 6.07) is 0. The average Bonchev–Trinajstić information content (AvgIpc) is 2.65. The van der Waals surface area contributed by atoms with Gasteiger partial charge in [0.1, 0.15) is 11.4 Å². The molecule has 17 heavy (non-hydrogen) atoms. The van der Waals surface area contributed by atoms with Gasteiger partial charge in [-0.3, -0.25) is 4.79 Å². The van der Waals surface area contributed by atoms with Crippen LogP contribution in [0.25, 0.3) is 0 Å². The molecule has 1 heterocycles. The van der Waals surface area contributed by atoms with E-state index in [1.807, 2.05) is 31.5 Å². The topological polar surface area (TPSA) is 67.2 Å². The summed E-state index contributed by atoms with van der Waals surface area (Å²) in [6.45, 7) is 8.69. The molecule has 0 saturated carbocycles. The molecule has 1 atom stereocenters. The number of carboxylic acids is 1. The number of hydrogen-bond donors (Lipinski definition) is 2. The van der Waals surface area contributed by atoms with E-state index in [1.54, 1.807) is 13.1 Å². The maximum atomic E-state index is 11.3. The van der Waals surface area contributed by atoms with E-state index in [4.69, 9.17) is 0 Å². The fourth-order valence-electron chi connectivity index (χ4n) is 1.89. The van der Waals surface area contributed by atoms with Crippen molar-refractivity contribution in [2.24, 2.45) is 0 Å². The predicted molar refractivity (Wildman–Crippen MR) is 66.0 cm³/mol. The Kier molecular flexibility index (Phi) is 4.28. The molecule has 0 fully saturated rings. The minimum atomic E-state index is -0.959. The minimum Gasteiger partial charge on any atom is -0.480 e. The molecule has 2 N–H and O–H groups in total. The lowest BCUT2D eigenvalue weighted by molar-refractivity contribution is -0.144. The molecule has 1 aromatic heterocycles. The van der Waals surface area contributed by atoms with Crippen LogP contribution < -0.4 is 5.32 Å². The van der Waals surface area contributed by atoms with Crippen molar-refractivity contribution in [2.75, 3.05) is 6.54 Å². The van der Waals surface area contributed by atoms with Crippen LogP contribution in [0.1, 0.15) is 39.4 Å². The van der Waals surface area contributed by atoms with Crippen LogP contribution in [-0.4, -0.2) is 32.7 Å². The molecular formula is C12H21N3O2. The number of rotatable bonds is 6. The van der Waals surface area contributed by atoms with E-state index in [2.05, 4.69) is 10.3 Å². The highest BCUT2D eigenvalue weighted by Gasteiger charge is 2.33. The zero-order valence-electron chi connectivity index (χ0n) is 10.9. The highest BCUT2D eigenvalue weighted by atomic mass is 16.4. The van der Waals surface area contributed by atoms with Gasteiger partial charge in [-0.2, -0.15) is 0 Å². The molecule has 0 amide bonds. The van der Waals surface area contributed by atoms with Gasteiger partial charge in [-0.05, 0) is 13.5 Å². The van der Waals surface area contributed by atoms with Crippen LogP contribution in [0.5, 0.6) is 0 Å². The summed E-state index contributed by atoms with van der Waals surface area (Å²) in [5, 5.41) is 12.3. The van der Waals surface area contributed by atoms with E-state index in [1.165, 1.54) is 0 Å². The number of imidazole rings is 1. The van der Waals surface area contributed by atoms with E-state index in [9.17, 15) is 9.90 Å². The van der Waals surface area contributed by atoms with Crippen LogP contribution in [0.4, 0.5) is 0 Å². The fraction of sp³-hybridized carbons (Fsp3) is 0.667. The first-order valence-electron chi connectivity index (χ1n) is 5.90. The molecule has 0 aliphatic rings. The van der Waals surface area contributed by atoms with E-state index in [-0.39, 0.29) is 5.92 Å². The van der Waals surface area contributed by atoms with Gasteiger partial charge >= 0.3 is 5.97 Å². The number of aromatic nitrogens is 2. The molecule has 1 rings (SSSR count). The van der Waals surface area contributed by atoms with Crippen molar-refractivity contribution in [3.05, 3.63) is 18.2 Å². The van der Waals surface area contributed by atoms with Crippen LogP contribution >= 0.6 is 0 Å². The number of aliphatic carboxylic acids is 1. The maximum absolute atomic E-state index is 11.3. The van der Waals surface area contributed by atoms with Gasteiger partial charge in [0.15, 0.2) is 0 Å². The lowest BCUT2D eigenvalue weighted by Crippen LogP contribution is -2.52. The molecule has 0 saturated heterocycles. The Bertz CT molecular complexity index is 387. The van der Waals surface area contributed by atoms with Gasteiger partial charge < -0.3 is 15.0 Å². The highest BCUT2D eigenvalue weighted by Crippen LogP contribution is 2.16. The molecule has 5 nitrogen and oxygen atoms in total. The van der Waals surface area contributed by atoms with E-state index in [0.29, 0.717) is 13.1 Å². The van der Waals surface area contributed by atoms with Crippen molar-refractivity contribution >= 4 is 5.97 Å². The monoisotopic (exact) mass is 239 g/mol. The van der Waals surface area contributed by atoms with Crippen molar-refractivity contribution in [3.8, 4) is 0 Å². The summed E-state index contributed by atoms with van der Waals surface area (Å²) in [5.74, 6) is 0.350. The van der Waals surface area contributed by atoms with Gasteiger partial charge in [0.2, 0.25) is 0 Å². The van der Waals surface area contributed by atoms with Crippen LogP contribution in [0.2, 0.25) is 0 Å². The molecule has 1 aromatic rings. The van der Waals surface area contributed by atoms with Gasteiger partial charge in [0, 0.05) is 18.3 Å². The molecule has 0 aliphatic heterocycles. The molecule has 0 aromatic carbocycles. The Morgan fingerprint density at radius 3 is 2.76 bits per heavy atom. The zero-order valence-corrected chi connectivity index (χ0v) is 10.9. The van der Waals surface area contributed by atoms with Gasteiger partial charge in [-0.15, -0.1) is 0 Å². The predicted octanol–water partition coefficient (Wildman–Crippen LogP) is 1.46. The molecule has 5 heteroatoms. The molecule has 0 radical (unpaired) electrons. The lowest BCUT2D eigenvalue weighted by Gasteiger charge is -2.27. The van der Waals surface area contributed by atoms with E-state index < -0.39 is 11.5 Å². The second-order valence-electron chi connectivity index (χ2n) is 4.74. The largest absolute Gasteiger partial charge is 0.480 e. The molecular weight excluding hydrogens is 218 g/mol. The standard InChI is InChI=1S/C12H21N3O2/c1-5-14-12(4,11(16)17)8-15-7-6-13-10(15)9(2)3/h6-7,9,14H,5,8H2,1-4H3,(H,16,17). The number of likely N-dealkylation sites (N-methyl/N-ethyl adjacent to an activating group) is 1. The third-order valence-electron chi connectivity index (χ3n) is 2.79. The van der Waals surface area contributed by atoms with Crippen molar-refractivity contribution in [3.63, 3.8) is 0 Å². The van der Waals surface area contributed by atoms with Crippen LogP contribution in [-0.2, 0) is 11.3 Å². The molecule has 0 bridgehead atoms. The second kappa shape index (κ2) is 5.31. The summed E-state index contributed by atoms with van der Waals surface area (Å²) in [4.78, 5) is 15.6. The number of carbonyl (C=O) groups is 1. The van der Waals surface area contributed by atoms with Gasteiger partial charge in [-0.25, -0.2) is 4.98 Å². The molecule has 96 valence electrons. The quantitative estimate of drug-likeness (QED) is 0.788. The molecule has 1 unspecified atom stereocenters. The van der Waals surface area contributed by atoms with Gasteiger partial charge in [0.25, 0.3) is 0 Å². The normalized spacial score (nSPS) is 14.9. The maximum Gasteiger partial charge on any atom is 0.325 e. The fourth-order valence-corrected chi connectivity index (χ4v) is 1.89. The summed E-state index contributed by atoms with van der Waals surface area (Å²) >= 11 is 0. The lowest BCUT2D eigenvalue weighted by atomic mass is 10.0. The Hall–Kier alpha value is -1.36. The number of nitrogens with zero attached hydrogens (tertiary/aromatic N) is 2. The first kappa shape index (κ1) is 13.7. The van der Waals surface area contributed by atoms with Crippen molar-refractivity contribution in [1.82, 2.24) is 14.9 Å². The minimum absolute atomic E-state index is 0.282. The summed E-state index contributed by atoms with van der Waals surface area (Å²) in [5.41, 5.74) is -0.959. The zero-order chi connectivity index (χ0) is 13.1. The summed E-state index contributed by atoms with van der Waals surface area (Å²) in [6.07, 6.45) is 3.54. The third-order valence-corrected chi connectivity index (χ3v) is 2.79. The van der Waals surface area contributed by atoms with Crippen molar-refractivity contribution in [2.45, 2.75) is 45.7 Å². The Labute approximate surface area is 102 Å². The number of hydrogen-bond acceptors (Lipinski definition) is 3. The van der Waals surface area contributed by atoms with Crippen molar-refractivity contribution < 1.29 is 9.90 Å². The van der Waals surface area contributed by atoms with E-state index >= 15 is 0 Å². The van der Waals surface area contributed by atoms with Gasteiger partial charge in [-0.1, -0.05) is 20.8 Å². The SMILES string of the molecule is CCNC(C)(Cn1ccnc1C(C)C)C(=O)O. The molecule has 0 spiro atoms. The second-order valence-corrected chi connectivity index (χ2v) is 4.74. The highest BCUT2D eigenvalue weighted by molar-refractivity contribution is 5.78. The van der Waals surface area contributed by atoms with Crippen LogP contribution in [0, 0.1) is 0 Å². The smallest absolute Gasteiger partial charge is 0.325 e. The Morgan fingerprint density at radius 2 is 2.29 bits per heavy atom. The van der Waals surface area contributed by atoms with E-state index in [0.717, 1.165) is 5.82 Å².